The van der Waals surface area contributed by atoms with Crippen LogP contribution in [0.3, 0.4) is 0 Å². The van der Waals surface area contributed by atoms with Crippen LogP contribution >= 0.6 is 15.9 Å². The number of nitrogens with zero attached hydrogens (tertiary/aromatic N) is 1. The second kappa shape index (κ2) is 4.92. The number of fused-ring (bicyclic) bond motifs is 1. The third-order valence-corrected chi connectivity index (χ3v) is 2.98. The van der Waals surface area contributed by atoms with Crippen molar-refractivity contribution in [2.24, 2.45) is 5.92 Å². The smallest absolute Gasteiger partial charge is 0.0954 e. The molecule has 2 rings (SSSR count). The highest BCUT2D eigenvalue weighted by molar-refractivity contribution is 9.10. The van der Waals surface area contributed by atoms with E-state index in [9.17, 15) is 0 Å². The molecule has 90 valence electrons. The van der Waals surface area contributed by atoms with Crippen LogP contribution in [0.5, 0.6) is 0 Å². The molecule has 0 aliphatic rings. The van der Waals surface area contributed by atoms with Gasteiger partial charge in [-0.05, 0) is 40.0 Å². The van der Waals surface area contributed by atoms with E-state index in [1.807, 2.05) is 18.2 Å². The SMILES string of the molecule is CC(C)CNc1ccc(N)c2cc(Br)cnc12. The second-order valence-corrected chi connectivity index (χ2v) is 5.44. The van der Waals surface area contributed by atoms with E-state index in [2.05, 4.69) is 40.1 Å². The molecule has 0 aliphatic carbocycles. The monoisotopic (exact) mass is 293 g/mol. The molecule has 1 aromatic heterocycles. The van der Waals surface area contributed by atoms with Gasteiger partial charge in [0, 0.05) is 28.3 Å². The highest BCUT2D eigenvalue weighted by Crippen LogP contribution is 2.28. The number of hydrogen-bond acceptors (Lipinski definition) is 3. The molecule has 1 aromatic carbocycles. The molecule has 0 amide bonds. The van der Waals surface area contributed by atoms with Gasteiger partial charge in [-0.15, -0.1) is 0 Å². The summed E-state index contributed by atoms with van der Waals surface area (Å²) in [6, 6.07) is 5.90. The van der Waals surface area contributed by atoms with Crippen LogP contribution in [0, 0.1) is 5.92 Å². The number of halogens is 1. The van der Waals surface area contributed by atoms with Crippen LogP contribution in [0.25, 0.3) is 10.9 Å². The number of pyridine rings is 1. The molecule has 3 N–H and O–H groups in total. The van der Waals surface area contributed by atoms with E-state index in [0.717, 1.165) is 33.3 Å². The van der Waals surface area contributed by atoms with Crippen molar-refractivity contribution in [2.75, 3.05) is 17.6 Å². The summed E-state index contributed by atoms with van der Waals surface area (Å²) in [5.41, 5.74) is 8.68. The van der Waals surface area contributed by atoms with Crippen molar-refractivity contribution in [2.45, 2.75) is 13.8 Å². The number of rotatable bonds is 3. The van der Waals surface area contributed by atoms with E-state index < -0.39 is 0 Å². The van der Waals surface area contributed by atoms with Gasteiger partial charge in [0.15, 0.2) is 0 Å². The zero-order chi connectivity index (χ0) is 12.4. The highest BCUT2D eigenvalue weighted by Gasteiger charge is 2.06. The fourth-order valence-electron chi connectivity index (χ4n) is 1.67. The largest absolute Gasteiger partial charge is 0.398 e. The fraction of sp³-hybridized carbons (Fsp3) is 0.308. The molecule has 0 fully saturated rings. The van der Waals surface area contributed by atoms with E-state index in [0.29, 0.717) is 5.92 Å². The average molecular weight is 294 g/mol. The van der Waals surface area contributed by atoms with Gasteiger partial charge in [0.05, 0.1) is 11.2 Å². The van der Waals surface area contributed by atoms with Gasteiger partial charge >= 0.3 is 0 Å². The minimum Gasteiger partial charge on any atom is -0.398 e. The molecule has 0 spiro atoms. The first-order valence-electron chi connectivity index (χ1n) is 5.65. The molecule has 0 unspecified atom stereocenters. The normalized spacial score (nSPS) is 11.1. The lowest BCUT2D eigenvalue weighted by atomic mass is 10.1. The standard InChI is InChI=1S/C13H16BrN3/c1-8(2)6-16-12-4-3-11(15)10-5-9(14)7-17-13(10)12/h3-5,7-8,16H,6,15H2,1-2H3. The summed E-state index contributed by atoms with van der Waals surface area (Å²) in [5, 5.41) is 4.38. The van der Waals surface area contributed by atoms with Crippen LogP contribution < -0.4 is 11.1 Å². The Morgan fingerprint density at radius 2 is 2.18 bits per heavy atom. The second-order valence-electron chi connectivity index (χ2n) is 4.53. The maximum atomic E-state index is 5.96. The topological polar surface area (TPSA) is 50.9 Å². The lowest BCUT2D eigenvalue weighted by Crippen LogP contribution is -2.08. The van der Waals surface area contributed by atoms with Gasteiger partial charge in [0.2, 0.25) is 0 Å². The van der Waals surface area contributed by atoms with Crippen molar-refractivity contribution in [1.82, 2.24) is 4.98 Å². The van der Waals surface area contributed by atoms with Crippen molar-refractivity contribution in [3.63, 3.8) is 0 Å². The van der Waals surface area contributed by atoms with E-state index in [1.54, 1.807) is 6.20 Å². The first-order chi connectivity index (χ1) is 8.08. The van der Waals surface area contributed by atoms with E-state index >= 15 is 0 Å². The molecule has 0 aliphatic heterocycles. The Morgan fingerprint density at radius 1 is 1.41 bits per heavy atom. The van der Waals surface area contributed by atoms with Crippen molar-refractivity contribution in [1.29, 1.82) is 0 Å². The summed E-state index contributed by atoms with van der Waals surface area (Å²) < 4.78 is 0.942. The lowest BCUT2D eigenvalue weighted by Gasteiger charge is -2.12. The summed E-state index contributed by atoms with van der Waals surface area (Å²) >= 11 is 3.41. The minimum atomic E-state index is 0.595. The molecule has 0 saturated carbocycles. The van der Waals surface area contributed by atoms with Gasteiger partial charge in [-0.25, -0.2) is 0 Å². The van der Waals surface area contributed by atoms with Crippen LogP contribution in [-0.2, 0) is 0 Å². The first kappa shape index (κ1) is 12.2. The summed E-state index contributed by atoms with van der Waals surface area (Å²) in [5.74, 6) is 0.595. The number of nitrogens with one attached hydrogen (secondary N) is 1. The predicted octanol–water partition coefficient (Wildman–Crippen LogP) is 3.65. The summed E-state index contributed by atoms with van der Waals surface area (Å²) in [6.07, 6.45) is 1.79. The lowest BCUT2D eigenvalue weighted by molar-refractivity contribution is 0.689. The number of aromatic nitrogens is 1. The highest BCUT2D eigenvalue weighted by atomic mass is 79.9. The van der Waals surface area contributed by atoms with Crippen LogP contribution in [0.15, 0.2) is 28.9 Å². The number of nitrogens with two attached hydrogens (primary N) is 1. The van der Waals surface area contributed by atoms with Crippen LogP contribution in [0.1, 0.15) is 13.8 Å². The Hall–Kier alpha value is -1.29. The minimum absolute atomic E-state index is 0.595. The molecular weight excluding hydrogens is 278 g/mol. The summed E-state index contributed by atoms with van der Waals surface area (Å²) in [7, 11) is 0. The van der Waals surface area contributed by atoms with Gasteiger partial charge in [0.1, 0.15) is 0 Å². The molecule has 1 heterocycles. The Labute approximate surface area is 110 Å². The van der Waals surface area contributed by atoms with Gasteiger partial charge in [0.25, 0.3) is 0 Å². The first-order valence-corrected chi connectivity index (χ1v) is 6.45. The van der Waals surface area contributed by atoms with Crippen molar-refractivity contribution < 1.29 is 0 Å². The third-order valence-electron chi connectivity index (χ3n) is 2.55. The summed E-state index contributed by atoms with van der Waals surface area (Å²) in [6.45, 7) is 5.28. The average Bonchev–Trinajstić information content (AvgIpc) is 2.28. The summed E-state index contributed by atoms with van der Waals surface area (Å²) in [4.78, 5) is 4.43. The van der Waals surface area contributed by atoms with Crippen LogP contribution in [-0.4, -0.2) is 11.5 Å². The van der Waals surface area contributed by atoms with Gasteiger partial charge in [-0.1, -0.05) is 13.8 Å². The molecule has 0 saturated heterocycles. The Morgan fingerprint density at radius 3 is 2.88 bits per heavy atom. The zero-order valence-electron chi connectivity index (χ0n) is 10.00. The van der Waals surface area contributed by atoms with E-state index in [4.69, 9.17) is 5.73 Å². The maximum Gasteiger partial charge on any atom is 0.0954 e. The molecule has 2 aromatic rings. The van der Waals surface area contributed by atoms with Gasteiger partial charge in [-0.3, -0.25) is 4.98 Å². The van der Waals surface area contributed by atoms with Crippen molar-refractivity contribution in [3.8, 4) is 0 Å². The number of hydrogen-bond donors (Lipinski definition) is 2. The van der Waals surface area contributed by atoms with Crippen molar-refractivity contribution >= 4 is 38.2 Å². The van der Waals surface area contributed by atoms with Gasteiger partial charge in [-0.2, -0.15) is 0 Å². The maximum absolute atomic E-state index is 5.96. The zero-order valence-corrected chi connectivity index (χ0v) is 11.6. The molecule has 0 bridgehead atoms. The van der Waals surface area contributed by atoms with Crippen LogP contribution in [0.4, 0.5) is 11.4 Å². The Balaban J connectivity index is 2.47. The Bertz CT molecular complexity index is 537. The number of benzene rings is 1. The third kappa shape index (κ3) is 2.69. The number of nitrogen functional groups attached to an aromatic ring is 1. The van der Waals surface area contributed by atoms with E-state index in [-0.39, 0.29) is 0 Å². The quantitative estimate of drug-likeness (QED) is 0.850. The van der Waals surface area contributed by atoms with Crippen molar-refractivity contribution in [3.05, 3.63) is 28.9 Å². The number of anilines is 2. The van der Waals surface area contributed by atoms with Crippen LogP contribution in [0.2, 0.25) is 0 Å². The molecule has 3 nitrogen and oxygen atoms in total. The molecule has 4 heteroatoms. The molecular formula is C13H16BrN3. The Kier molecular flexibility index (Phi) is 3.52. The van der Waals surface area contributed by atoms with Gasteiger partial charge < -0.3 is 11.1 Å². The molecule has 0 atom stereocenters. The fourth-order valence-corrected chi connectivity index (χ4v) is 2.00. The van der Waals surface area contributed by atoms with E-state index in [1.165, 1.54) is 0 Å². The predicted molar refractivity (Wildman–Crippen MR) is 77.2 cm³/mol. The molecule has 0 radical (unpaired) electrons. The molecule has 17 heavy (non-hydrogen) atoms.